The third kappa shape index (κ3) is 3.40. The molecule has 0 spiro atoms. The van der Waals surface area contributed by atoms with Gasteiger partial charge in [0.25, 0.3) is 5.89 Å². The maximum atomic E-state index is 13.9. The molecule has 2 heterocycles. The zero-order valence-corrected chi connectivity index (χ0v) is 15.8. The van der Waals surface area contributed by atoms with Gasteiger partial charge < -0.3 is 10.3 Å². The molecule has 0 atom stereocenters. The van der Waals surface area contributed by atoms with Crippen molar-refractivity contribution in [2.24, 2.45) is 5.73 Å². The lowest BCUT2D eigenvalue weighted by atomic mass is 9.99. The first-order valence-corrected chi connectivity index (χ1v) is 8.64. The minimum absolute atomic E-state index is 0. The standard InChI is InChI=1S/C18H18F3N5O.ClH/c1-11-6-2-3-7-13(11)26-14(18(19,20)21)12(10-23-26)15-24-16(25-27-15)17(22)8-4-5-9-17;/h2-3,6-7,10H,4-5,8-9,22H2,1H3;1H. The zero-order valence-electron chi connectivity index (χ0n) is 15.0. The van der Waals surface area contributed by atoms with E-state index in [1.54, 1.807) is 31.2 Å². The number of nitrogens with zero attached hydrogens (tertiary/aromatic N) is 4. The van der Waals surface area contributed by atoms with Gasteiger partial charge in [0.1, 0.15) is 0 Å². The van der Waals surface area contributed by atoms with Crippen LogP contribution in [0.15, 0.2) is 35.0 Å². The summed E-state index contributed by atoms with van der Waals surface area (Å²) in [4.78, 5) is 4.18. The molecular weight excluding hydrogens is 395 g/mol. The molecule has 0 unspecified atom stereocenters. The van der Waals surface area contributed by atoms with Crippen LogP contribution in [-0.4, -0.2) is 19.9 Å². The van der Waals surface area contributed by atoms with Gasteiger partial charge in [0.05, 0.1) is 23.0 Å². The van der Waals surface area contributed by atoms with Gasteiger partial charge in [-0.05, 0) is 31.4 Å². The number of halogens is 4. The fourth-order valence-corrected chi connectivity index (χ4v) is 3.53. The quantitative estimate of drug-likeness (QED) is 0.688. The Morgan fingerprint density at radius 3 is 2.50 bits per heavy atom. The van der Waals surface area contributed by atoms with E-state index in [9.17, 15) is 13.2 Å². The fourth-order valence-electron chi connectivity index (χ4n) is 3.53. The van der Waals surface area contributed by atoms with E-state index in [4.69, 9.17) is 10.3 Å². The van der Waals surface area contributed by atoms with Gasteiger partial charge in [-0.2, -0.15) is 23.3 Å². The molecule has 0 aliphatic heterocycles. The molecule has 2 aromatic heterocycles. The summed E-state index contributed by atoms with van der Waals surface area (Å²) in [5, 5.41) is 7.81. The van der Waals surface area contributed by atoms with Crippen molar-refractivity contribution in [1.82, 2.24) is 19.9 Å². The van der Waals surface area contributed by atoms with E-state index < -0.39 is 17.4 Å². The number of para-hydroxylation sites is 1. The zero-order chi connectivity index (χ0) is 19.2. The smallest absolute Gasteiger partial charge is 0.334 e. The molecule has 0 saturated heterocycles. The molecule has 0 radical (unpaired) electrons. The van der Waals surface area contributed by atoms with E-state index >= 15 is 0 Å². The highest BCUT2D eigenvalue weighted by Crippen LogP contribution is 2.40. The maximum absolute atomic E-state index is 13.9. The van der Waals surface area contributed by atoms with Gasteiger partial charge in [0.15, 0.2) is 11.5 Å². The fraction of sp³-hybridized carbons (Fsp3) is 0.389. The van der Waals surface area contributed by atoms with Gasteiger partial charge in [-0.25, -0.2) is 4.68 Å². The van der Waals surface area contributed by atoms with Gasteiger partial charge in [0.2, 0.25) is 0 Å². The van der Waals surface area contributed by atoms with E-state index in [2.05, 4.69) is 15.2 Å². The third-order valence-corrected chi connectivity index (χ3v) is 4.98. The predicted molar refractivity (Wildman–Crippen MR) is 98.2 cm³/mol. The van der Waals surface area contributed by atoms with Crippen molar-refractivity contribution in [1.29, 1.82) is 0 Å². The Labute approximate surface area is 165 Å². The summed E-state index contributed by atoms with van der Waals surface area (Å²) in [5.41, 5.74) is 5.33. The lowest BCUT2D eigenvalue weighted by molar-refractivity contribution is -0.142. The Balaban J connectivity index is 0.00000225. The molecule has 1 saturated carbocycles. The van der Waals surface area contributed by atoms with Crippen LogP contribution in [0.5, 0.6) is 0 Å². The number of rotatable bonds is 3. The van der Waals surface area contributed by atoms with Crippen LogP contribution in [0, 0.1) is 6.92 Å². The van der Waals surface area contributed by atoms with E-state index in [1.807, 2.05) is 0 Å². The maximum Gasteiger partial charge on any atom is 0.434 e. The Bertz CT molecular complexity index is 976. The highest BCUT2D eigenvalue weighted by atomic mass is 35.5. The molecule has 1 aliphatic carbocycles. The van der Waals surface area contributed by atoms with Gasteiger partial charge in [-0.3, -0.25) is 0 Å². The first-order valence-electron chi connectivity index (χ1n) is 8.64. The lowest BCUT2D eigenvalue weighted by Gasteiger charge is -2.17. The van der Waals surface area contributed by atoms with E-state index in [0.29, 0.717) is 24.1 Å². The van der Waals surface area contributed by atoms with Crippen molar-refractivity contribution in [3.05, 3.63) is 47.5 Å². The van der Waals surface area contributed by atoms with Crippen LogP contribution in [0.3, 0.4) is 0 Å². The van der Waals surface area contributed by atoms with Crippen LogP contribution in [0.1, 0.15) is 42.8 Å². The lowest BCUT2D eigenvalue weighted by Crippen LogP contribution is -2.34. The number of benzene rings is 1. The molecule has 3 aromatic rings. The van der Waals surface area contributed by atoms with Crippen molar-refractivity contribution in [3.8, 4) is 17.1 Å². The van der Waals surface area contributed by atoms with Gasteiger partial charge in [0, 0.05) is 0 Å². The van der Waals surface area contributed by atoms with E-state index in [1.165, 1.54) is 0 Å². The second kappa shape index (κ2) is 7.21. The van der Waals surface area contributed by atoms with Crippen molar-refractivity contribution in [3.63, 3.8) is 0 Å². The van der Waals surface area contributed by atoms with E-state index in [0.717, 1.165) is 23.7 Å². The number of hydrogen-bond acceptors (Lipinski definition) is 5. The average Bonchev–Trinajstić information content (AvgIpc) is 3.33. The molecule has 6 nitrogen and oxygen atoms in total. The summed E-state index contributed by atoms with van der Waals surface area (Å²) >= 11 is 0. The van der Waals surface area contributed by atoms with Crippen molar-refractivity contribution in [2.45, 2.75) is 44.3 Å². The largest absolute Gasteiger partial charge is 0.434 e. The summed E-state index contributed by atoms with van der Waals surface area (Å²) < 4.78 is 47.6. The second-order valence-electron chi connectivity index (χ2n) is 6.89. The van der Waals surface area contributed by atoms with Crippen LogP contribution in [0.2, 0.25) is 0 Å². The molecule has 1 aromatic carbocycles. The Hall–Kier alpha value is -2.39. The summed E-state index contributed by atoms with van der Waals surface area (Å²) in [6.07, 6.45) is -0.333. The average molecular weight is 414 g/mol. The van der Waals surface area contributed by atoms with Crippen molar-refractivity contribution < 1.29 is 17.7 Å². The predicted octanol–water partition coefficient (Wildman–Crippen LogP) is 4.40. The Morgan fingerprint density at radius 2 is 1.86 bits per heavy atom. The topological polar surface area (TPSA) is 82.8 Å². The highest BCUT2D eigenvalue weighted by molar-refractivity contribution is 5.85. The number of hydrogen-bond donors (Lipinski definition) is 1. The van der Waals surface area contributed by atoms with Crippen LogP contribution in [0.4, 0.5) is 13.2 Å². The minimum atomic E-state index is -4.66. The molecule has 0 amide bonds. The molecule has 10 heteroatoms. The van der Waals surface area contributed by atoms with Crippen molar-refractivity contribution >= 4 is 12.4 Å². The van der Waals surface area contributed by atoms with Crippen LogP contribution >= 0.6 is 12.4 Å². The molecule has 0 bridgehead atoms. The molecule has 4 rings (SSSR count). The van der Waals surface area contributed by atoms with E-state index in [-0.39, 0.29) is 29.7 Å². The van der Waals surface area contributed by atoms with Crippen LogP contribution in [0.25, 0.3) is 17.1 Å². The number of aryl methyl sites for hydroxylation is 1. The van der Waals surface area contributed by atoms with Gasteiger partial charge in [-0.15, -0.1) is 12.4 Å². The summed E-state index contributed by atoms with van der Waals surface area (Å²) in [5.74, 6) is 0.0145. The van der Waals surface area contributed by atoms with Crippen LogP contribution < -0.4 is 5.73 Å². The normalized spacial score (nSPS) is 16.2. The highest BCUT2D eigenvalue weighted by Gasteiger charge is 2.42. The molecule has 150 valence electrons. The van der Waals surface area contributed by atoms with Crippen LogP contribution in [-0.2, 0) is 11.7 Å². The number of alkyl halides is 3. The number of nitrogens with two attached hydrogens (primary N) is 1. The van der Waals surface area contributed by atoms with Crippen molar-refractivity contribution in [2.75, 3.05) is 0 Å². The van der Waals surface area contributed by atoms with Gasteiger partial charge >= 0.3 is 6.18 Å². The first-order chi connectivity index (χ1) is 12.8. The molecule has 1 fully saturated rings. The first kappa shape index (κ1) is 20.3. The summed E-state index contributed by atoms with van der Waals surface area (Å²) in [6.45, 7) is 1.72. The Kier molecular flexibility index (Phi) is 5.24. The Morgan fingerprint density at radius 1 is 1.18 bits per heavy atom. The third-order valence-electron chi connectivity index (χ3n) is 4.98. The molecule has 28 heavy (non-hydrogen) atoms. The van der Waals surface area contributed by atoms with Gasteiger partial charge in [-0.1, -0.05) is 36.2 Å². The SMILES string of the molecule is Cc1ccccc1-n1ncc(-c2nc(C3(N)CCCC3)no2)c1C(F)(F)F.Cl. The molecule has 1 aliphatic rings. The minimum Gasteiger partial charge on any atom is -0.334 e. The molecular formula is C18H19ClF3N5O. The second-order valence-corrected chi connectivity index (χ2v) is 6.89. The summed E-state index contributed by atoms with van der Waals surface area (Å²) in [7, 11) is 0. The summed E-state index contributed by atoms with van der Waals surface area (Å²) in [6, 6.07) is 6.71. The molecule has 2 N–H and O–H groups in total. The number of aromatic nitrogens is 4. The monoisotopic (exact) mass is 413 g/mol.